The molecule has 1 aliphatic rings. The Hall–Kier alpha value is -9.72. The van der Waals surface area contributed by atoms with Gasteiger partial charge < -0.3 is 108 Å². The number of primary amides is 2. The molecule has 618 valence electrons. The quantitative estimate of drug-likeness (QED) is 0.0175. The Morgan fingerprint density at radius 1 is 0.491 bits per heavy atom. The lowest BCUT2D eigenvalue weighted by Gasteiger charge is -2.32. The van der Waals surface area contributed by atoms with Crippen molar-refractivity contribution in [2.45, 2.75) is 251 Å². The van der Waals surface area contributed by atoms with Crippen LogP contribution in [-0.2, 0) is 83.1 Å². The van der Waals surface area contributed by atoms with Crippen molar-refractivity contribution in [2.75, 3.05) is 31.6 Å². The molecule has 0 radical (unpaired) electrons. The number of carboxylic acid groups (broad SMARTS) is 2. The number of aliphatic imine (C=N–C) groups is 1. The number of guanidine groups is 1. The van der Waals surface area contributed by atoms with E-state index in [9.17, 15) is 86.9 Å². The summed E-state index contributed by atoms with van der Waals surface area (Å²) in [7, 11) is 0. The summed E-state index contributed by atoms with van der Waals surface area (Å²) in [5, 5.41) is 47.5. The molecule has 13 atom stereocenters. The van der Waals surface area contributed by atoms with Crippen LogP contribution in [0.2, 0.25) is 0 Å². The first kappa shape index (κ1) is 96.4. The van der Waals surface area contributed by atoms with Gasteiger partial charge in [-0.3, -0.25) is 76.9 Å². The molecule has 0 aromatic heterocycles. The molecule has 37 nitrogen and oxygen atoms in total. The van der Waals surface area contributed by atoms with Gasteiger partial charge in [0.05, 0.1) is 18.9 Å². The van der Waals surface area contributed by atoms with Gasteiger partial charge >= 0.3 is 11.9 Å². The van der Waals surface area contributed by atoms with E-state index in [4.69, 9.17) is 34.4 Å². The van der Waals surface area contributed by atoms with E-state index in [1.54, 1.807) is 99.6 Å². The predicted octanol–water partition coefficient (Wildman–Crippen LogP) is -3.03. The molecule has 0 saturated carbocycles. The Kier molecular flexibility index (Phi) is 43.3. The minimum Gasteiger partial charge on any atom is -0.481 e. The van der Waals surface area contributed by atoms with Crippen LogP contribution in [0.25, 0.3) is 0 Å². The fraction of sp³-hybridized carbons (Fsp3) is 0.681. The van der Waals surface area contributed by atoms with Crippen LogP contribution in [-0.4, -0.2) is 226 Å². The average Bonchev–Trinajstić information content (AvgIpc) is 1.60. The van der Waals surface area contributed by atoms with E-state index in [0.29, 0.717) is 37.0 Å². The molecule has 1 heterocycles. The third-order valence-corrected chi connectivity index (χ3v) is 18.4. The lowest BCUT2D eigenvalue weighted by atomic mass is 9.98. The number of nitrogens with zero attached hydrogens (tertiary/aromatic N) is 2. The van der Waals surface area contributed by atoms with Gasteiger partial charge in [-0.25, -0.2) is 4.79 Å². The third-order valence-electron chi connectivity index (χ3n) is 17.7. The van der Waals surface area contributed by atoms with Gasteiger partial charge in [0.25, 0.3) is 0 Å². The van der Waals surface area contributed by atoms with Crippen LogP contribution in [0.4, 0.5) is 0 Å². The maximum Gasteiger partial charge on any atom is 0.326 e. The van der Waals surface area contributed by atoms with Crippen LogP contribution >= 0.6 is 11.8 Å². The normalized spacial score (nSPS) is 16.0. The second-order valence-corrected chi connectivity index (χ2v) is 30.5. The number of hydrogen-bond acceptors (Lipinski definition) is 20. The molecule has 0 bridgehead atoms. The van der Waals surface area contributed by atoms with Gasteiger partial charge in [0.1, 0.15) is 72.5 Å². The Labute approximate surface area is 647 Å². The highest BCUT2D eigenvalue weighted by atomic mass is 32.2. The van der Waals surface area contributed by atoms with Crippen LogP contribution in [0.1, 0.15) is 171 Å². The van der Waals surface area contributed by atoms with E-state index >= 15 is 0 Å². The maximum atomic E-state index is 14.7. The van der Waals surface area contributed by atoms with Crippen LogP contribution in [0.3, 0.4) is 0 Å². The number of nitrogens with one attached hydrogen (secondary N) is 11. The van der Waals surface area contributed by atoms with Crippen LogP contribution < -0.4 is 92.9 Å². The van der Waals surface area contributed by atoms with Gasteiger partial charge in [0.2, 0.25) is 82.7 Å². The fourth-order valence-electron chi connectivity index (χ4n) is 11.9. The predicted molar refractivity (Wildman–Crippen MR) is 410 cm³/mol. The average molecular weight is 1570 g/mol. The fourth-order valence-corrected chi connectivity index (χ4v) is 12.4. The Balaban J connectivity index is 2.54. The van der Waals surface area contributed by atoms with Gasteiger partial charge in [-0.05, 0) is 131 Å². The zero-order chi connectivity index (χ0) is 83.2. The SMILES string of the molecule is CSCC[C@H](N)C(=O)N[C@H](C(=O)N[C@@H](CCC(N)=O)C(=O)N1CCC[C@H]1C(=O)N[C@@H](CC(C)C)C(=O)N[C@@H](CC(C)C)C(=O)N[C@@H](CCCCN)C(=O)N[C@H](C(=O)N[C@@H](CCCN=C(N)N)C(=O)N[C@@H](CC(C)C)C(=O)N[C@@H](Cc1ccccc1)C(=O)N[C@@H](CC(N)=O)C(=O)N[C@@H](CC(=O)O)C(=O)O)C(C)C)C(C)C. The Morgan fingerprint density at radius 2 is 0.927 bits per heavy atom. The Morgan fingerprint density at radius 3 is 1.40 bits per heavy atom. The van der Waals surface area contributed by atoms with E-state index < -0.39 is 198 Å². The van der Waals surface area contributed by atoms with Gasteiger partial charge in [0, 0.05) is 25.9 Å². The summed E-state index contributed by atoms with van der Waals surface area (Å²) in [6.07, 6.45) is 0.455. The molecule has 0 spiro atoms. The molecular weight excluding hydrogens is 1450 g/mol. The zero-order valence-corrected chi connectivity index (χ0v) is 65.9. The van der Waals surface area contributed by atoms with E-state index in [1.807, 2.05) is 11.6 Å². The summed E-state index contributed by atoms with van der Waals surface area (Å²) in [5.74, 6) is -17.2. The topological polar surface area (TPSA) is 618 Å². The molecule has 38 heteroatoms. The highest BCUT2D eigenvalue weighted by Gasteiger charge is 2.42. The molecule has 2 rings (SSSR count). The number of carboxylic acids is 2. The van der Waals surface area contributed by atoms with E-state index in [0.717, 1.165) is 0 Å². The van der Waals surface area contributed by atoms with Crippen molar-refractivity contribution in [3.05, 3.63) is 35.9 Å². The van der Waals surface area contributed by atoms with Gasteiger partial charge in [0.15, 0.2) is 5.96 Å². The summed E-state index contributed by atoms with van der Waals surface area (Å²) in [6, 6.07) is -10.2. The van der Waals surface area contributed by atoms with Crippen molar-refractivity contribution in [1.82, 2.24) is 63.4 Å². The first-order valence-electron chi connectivity index (χ1n) is 37.3. The van der Waals surface area contributed by atoms with E-state index in [2.05, 4.69) is 58.2 Å². The second-order valence-electron chi connectivity index (χ2n) is 29.5. The van der Waals surface area contributed by atoms with Crippen molar-refractivity contribution in [3.8, 4) is 0 Å². The van der Waals surface area contributed by atoms with Crippen LogP contribution in [0.5, 0.6) is 0 Å². The molecule has 1 fully saturated rings. The van der Waals surface area contributed by atoms with E-state index in [1.165, 1.54) is 16.7 Å². The smallest absolute Gasteiger partial charge is 0.326 e. The first-order valence-corrected chi connectivity index (χ1v) is 38.7. The van der Waals surface area contributed by atoms with Crippen molar-refractivity contribution in [3.63, 3.8) is 0 Å². The number of carbonyl (C=O) groups excluding carboxylic acids is 14. The molecule has 0 unspecified atom stereocenters. The standard InChI is InChI=1S/C72H121N19O18S/c1-37(2)31-47(84-64(101)49(33-39(5)6)87-67(104)53-23-18-29-91(53)70(107)46(24-25-54(75)92)82-69(106)57(40(7)8)89-59(96)43(74)26-30-110-11)62(99)80-44(21-15-16-27-73)61(98)90-58(41(9)10)68(105)81-45(22-17-28-79-72(77)78)60(97)83-48(32-38(3)4)63(100)85-50(34-42-19-13-12-14-20-42)65(102)86-51(35-55(76)93)66(103)88-52(71(108)109)36-56(94)95/h12-14,19-20,37-41,43-53,57-58H,15-18,21-36,73-74H2,1-11H3,(H2,75,92)(H2,76,93)(H,80,99)(H,81,105)(H,82,106)(H,83,97)(H,84,101)(H,85,100)(H,86,102)(H,87,104)(H,88,103)(H,89,96)(H,90,98)(H,94,95)(H,108,109)(H4,77,78,79)/t43-,44-,45-,46-,47-,48-,49-,50-,51-,52-,53-,57-,58-/m0/s1. The number of hydrogen-bond donors (Lipinski definition) is 19. The molecule has 25 N–H and O–H groups in total. The number of nitrogens with two attached hydrogens (primary N) is 6. The number of carbonyl (C=O) groups is 16. The second kappa shape index (κ2) is 49.4. The summed E-state index contributed by atoms with van der Waals surface area (Å²) in [5.41, 5.74) is 34.6. The zero-order valence-electron chi connectivity index (χ0n) is 65.1. The van der Waals surface area contributed by atoms with Crippen molar-refractivity contribution in [2.24, 2.45) is 69.0 Å². The monoisotopic (exact) mass is 1570 g/mol. The summed E-state index contributed by atoms with van der Waals surface area (Å²) in [6.45, 7) is 17.4. The van der Waals surface area contributed by atoms with Gasteiger partial charge in [-0.1, -0.05) is 99.6 Å². The van der Waals surface area contributed by atoms with Crippen molar-refractivity contribution < 1.29 is 86.9 Å². The molecule has 1 saturated heterocycles. The number of amides is 14. The third kappa shape index (κ3) is 35.8. The number of thioether (sulfide) groups is 1. The van der Waals surface area contributed by atoms with Crippen LogP contribution in [0.15, 0.2) is 35.3 Å². The molecular formula is C72H121N19O18S. The number of aliphatic carboxylic acids is 2. The highest BCUT2D eigenvalue weighted by Crippen LogP contribution is 2.22. The van der Waals surface area contributed by atoms with Gasteiger partial charge in [-0.15, -0.1) is 0 Å². The van der Waals surface area contributed by atoms with Crippen molar-refractivity contribution >= 4 is 112 Å². The summed E-state index contributed by atoms with van der Waals surface area (Å²) >= 11 is 1.49. The highest BCUT2D eigenvalue weighted by molar-refractivity contribution is 7.98. The lowest BCUT2D eigenvalue weighted by molar-refractivity contribution is -0.147. The Bertz CT molecular complexity index is 3310. The van der Waals surface area contributed by atoms with E-state index in [-0.39, 0.29) is 108 Å². The molecule has 1 aliphatic heterocycles. The first-order chi connectivity index (χ1) is 51.6. The van der Waals surface area contributed by atoms with Crippen molar-refractivity contribution in [1.29, 1.82) is 0 Å². The minimum absolute atomic E-state index is 0.0184. The van der Waals surface area contributed by atoms with Gasteiger partial charge in [-0.2, -0.15) is 11.8 Å². The maximum absolute atomic E-state index is 14.7. The summed E-state index contributed by atoms with van der Waals surface area (Å²) in [4.78, 5) is 224. The molecule has 1 aromatic carbocycles. The largest absolute Gasteiger partial charge is 0.481 e. The molecule has 14 amide bonds. The minimum atomic E-state index is -1.99. The molecule has 0 aliphatic carbocycles. The lowest BCUT2D eigenvalue weighted by Crippen LogP contribution is -2.61. The number of benzene rings is 1. The number of rotatable bonds is 52. The number of likely N-dealkylation sites (tertiary alicyclic amines) is 1. The molecule has 1 aromatic rings. The van der Waals surface area contributed by atoms with Crippen LogP contribution in [0, 0.1) is 29.6 Å². The summed E-state index contributed by atoms with van der Waals surface area (Å²) < 4.78 is 0. The molecule has 110 heavy (non-hydrogen) atoms. The number of unbranched alkanes of at least 4 members (excludes halogenated alkanes) is 1.